The second-order valence-electron chi connectivity index (χ2n) is 7.26. The van der Waals surface area contributed by atoms with Gasteiger partial charge < -0.3 is 10.2 Å². The molecule has 1 N–H and O–H groups in total. The van der Waals surface area contributed by atoms with E-state index < -0.39 is 0 Å². The fourth-order valence-electron chi connectivity index (χ4n) is 4.51. The summed E-state index contributed by atoms with van der Waals surface area (Å²) in [6, 6.07) is 2.46. The molecule has 2 bridgehead atoms. The molecule has 0 aromatic heterocycles. The highest BCUT2D eigenvalue weighted by molar-refractivity contribution is 4.92. The first kappa shape index (κ1) is 13.8. The van der Waals surface area contributed by atoms with E-state index in [-0.39, 0.29) is 0 Å². The van der Waals surface area contributed by atoms with Gasteiger partial charge in [-0.3, -0.25) is 4.90 Å². The SMILES string of the molecule is CC1CN(C)CCCN1CCC1CC2CCC(C1)N2. The normalized spacial score (nSPS) is 41.4. The average Bonchev–Trinajstić information content (AvgIpc) is 2.63. The molecule has 3 atom stereocenters. The molecule has 3 saturated heterocycles. The van der Waals surface area contributed by atoms with E-state index in [1.807, 2.05) is 0 Å². The van der Waals surface area contributed by atoms with Crippen LogP contribution in [0.4, 0.5) is 0 Å². The first-order chi connectivity index (χ1) is 9.20. The third-order valence-electron chi connectivity index (χ3n) is 5.58. The molecule has 19 heavy (non-hydrogen) atoms. The molecule has 0 aromatic carbocycles. The number of hydrogen-bond donors (Lipinski definition) is 1. The molecule has 3 heterocycles. The van der Waals surface area contributed by atoms with E-state index in [1.54, 1.807) is 0 Å². The molecule has 3 aliphatic rings. The minimum Gasteiger partial charge on any atom is -0.311 e. The maximum Gasteiger partial charge on any atom is 0.0194 e. The quantitative estimate of drug-likeness (QED) is 0.841. The first-order valence-electron chi connectivity index (χ1n) is 8.39. The second kappa shape index (κ2) is 6.11. The molecule has 0 aliphatic carbocycles. The topological polar surface area (TPSA) is 18.5 Å². The van der Waals surface area contributed by atoms with Crippen molar-refractivity contribution in [3.63, 3.8) is 0 Å². The molecular formula is C16H31N3. The van der Waals surface area contributed by atoms with Crippen molar-refractivity contribution in [3.8, 4) is 0 Å². The fraction of sp³-hybridized carbons (Fsp3) is 1.00. The third-order valence-corrected chi connectivity index (χ3v) is 5.58. The van der Waals surface area contributed by atoms with Crippen molar-refractivity contribution >= 4 is 0 Å². The summed E-state index contributed by atoms with van der Waals surface area (Å²) in [7, 11) is 2.27. The zero-order valence-electron chi connectivity index (χ0n) is 12.8. The lowest BCUT2D eigenvalue weighted by Crippen LogP contribution is -2.41. The minimum atomic E-state index is 0.742. The predicted octanol–water partition coefficient (Wildman–Crippen LogP) is 1.93. The van der Waals surface area contributed by atoms with E-state index in [1.165, 1.54) is 64.7 Å². The summed E-state index contributed by atoms with van der Waals surface area (Å²) in [5, 5.41) is 3.76. The van der Waals surface area contributed by atoms with Crippen LogP contribution in [-0.2, 0) is 0 Å². The number of hydrogen-bond acceptors (Lipinski definition) is 3. The standard InChI is InChI=1S/C16H31N3/c1-13-12-18(2)7-3-8-19(13)9-6-14-10-15-4-5-16(11-14)17-15/h13-17H,3-12H2,1-2H3. The summed E-state index contributed by atoms with van der Waals surface area (Å²) >= 11 is 0. The zero-order chi connectivity index (χ0) is 13.2. The lowest BCUT2D eigenvalue weighted by Gasteiger charge is -2.33. The van der Waals surface area contributed by atoms with Gasteiger partial charge in [0.25, 0.3) is 0 Å². The van der Waals surface area contributed by atoms with E-state index >= 15 is 0 Å². The Balaban J connectivity index is 1.46. The predicted molar refractivity (Wildman–Crippen MR) is 80.4 cm³/mol. The largest absolute Gasteiger partial charge is 0.311 e. The molecule has 110 valence electrons. The number of piperidine rings is 1. The molecule has 3 nitrogen and oxygen atoms in total. The summed E-state index contributed by atoms with van der Waals surface area (Å²) in [6.45, 7) is 7.58. The molecule has 3 heteroatoms. The summed E-state index contributed by atoms with van der Waals surface area (Å²) in [6.07, 6.45) is 8.54. The van der Waals surface area contributed by atoms with Gasteiger partial charge in [-0.1, -0.05) is 0 Å². The highest BCUT2D eigenvalue weighted by Crippen LogP contribution is 2.32. The molecule has 3 unspecified atom stereocenters. The summed E-state index contributed by atoms with van der Waals surface area (Å²) in [4.78, 5) is 5.24. The van der Waals surface area contributed by atoms with Gasteiger partial charge in [0.1, 0.15) is 0 Å². The number of fused-ring (bicyclic) bond motifs is 2. The van der Waals surface area contributed by atoms with E-state index in [2.05, 4.69) is 29.1 Å². The molecule has 0 aromatic rings. The average molecular weight is 265 g/mol. The van der Waals surface area contributed by atoms with E-state index in [0.717, 1.165) is 24.0 Å². The third kappa shape index (κ3) is 3.50. The Labute approximate surface area is 118 Å². The Bertz CT molecular complexity index is 282. The minimum absolute atomic E-state index is 0.742. The van der Waals surface area contributed by atoms with Crippen molar-refractivity contribution in [2.45, 2.75) is 63.6 Å². The Hall–Kier alpha value is -0.120. The van der Waals surface area contributed by atoms with Gasteiger partial charge in [-0.05, 0) is 78.0 Å². The van der Waals surface area contributed by atoms with Crippen LogP contribution >= 0.6 is 0 Å². The molecule has 3 rings (SSSR count). The summed E-state index contributed by atoms with van der Waals surface area (Å²) < 4.78 is 0. The van der Waals surface area contributed by atoms with Gasteiger partial charge in [0.15, 0.2) is 0 Å². The van der Waals surface area contributed by atoms with Crippen molar-refractivity contribution in [3.05, 3.63) is 0 Å². The van der Waals surface area contributed by atoms with Crippen LogP contribution in [0.2, 0.25) is 0 Å². The lowest BCUT2D eigenvalue weighted by atomic mass is 9.89. The molecule has 3 aliphatic heterocycles. The zero-order valence-corrected chi connectivity index (χ0v) is 12.8. The fourth-order valence-corrected chi connectivity index (χ4v) is 4.51. The smallest absolute Gasteiger partial charge is 0.0194 e. The van der Waals surface area contributed by atoms with Gasteiger partial charge in [0.2, 0.25) is 0 Å². The van der Waals surface area contributed by atoms with Crippen LogP contribution in [-0.4, -0.2) is 61.2 Å². The highest BCUT2D eigenvalue weighted by atomic mass is 15.2. The Morgan fingerprint density at radius 1 is 1.11 bits per heavy atom. The van der Waals surface area contributed by atoms with Gasteiger partial charge in [-0.15, -0.1) is 0 Å². The number of likely N-dealkylation sites (N-methyl/N-ethyl adjacent to an activating group) is 1. The van der Waals surface area contributed by atoms with Crippen molar-refractivity contribution in [2.75, 3.05) is 33.2 Å². The maximum absolute atomic E-state index is 3.76. The van der Waals surface area contributed by atoms with Crippen LogP contribution in [0.15, 0.2) is 0 Å². The Morgan fingerprint density at radius 3 is 2.58 bits per heavy atom. The van der Waals surface area contributed by atoms with Crippen molar-refractivity contribution in [1.82, 2.24) is 15.1 Å². The van der Waals surface area contributed by atoms with Crippen LogP contribution in [0.3, 0.4) is 0 Å². The van der Waals surface area contributed by atoms with E-state index in [9.17, 15) is 0 Å². The van der Waals surface area contributed by atoms with Crippen molar-refractivity contribution < 1.29 is 0 Å². The van der Waals surface area contributed by atoms with E-state index in [0.29, 0.717) is 0 Å². The van der Waals surface area contributed by atoms with Crippen molar-refractivity contribution in [2.24, 2.45) is 5.92 Å². The number of nitrogens with zero attached hydrogens (tertiary/aromatic N) is 2. The highest BCUT2D eigenvalue weighted by Gasteiger charge is 2.33. The monoisotopic (exact) mass is 265 g/mol. The van der Waals surface area contributed by atoms with Gasteiger partial charge in [-0.2, -0.15) is 0 Å². The molecule has 0 amide bonds. The van der Waals surface area contributed by atoms with Crippen LogP contribution in [0, 0.1) is 5.92 Å². The summed E-state index contributed by atoms with van der Waals surface area (Å²) in [5.74, 6) is 0.993. The second-order valence-corrected chi connectivity index (χ2v) is 7.26. The maximum atomic E-state index is 3.76. The summed E-state index contributed by atoms with van der Waals surface area (Å²) in [5.41, 5.74) is 0. The van der Waals surface area contributed by atoms with E-state index in [4.69, 9.17) is 0 Å². The van der Waals surface area contributed by atoms with Crippen molar-refractivity contribution in [1.29, 1.82) is 0 Å². The molecule has 3 fully saturated rings. The number of rotatable bonds is 3. The van der Waals surface area contributed by atoms with Gasteiger partial charge in [0, 0.05) is 24.7 Å². The lowest BCUT2D eigenvalue weighted by molar-refractivity contribution is 0.175. The van der Waals surface area contributed by atoms with Crippen LogP contribution in [0.5, 0.6) is 0 Å². The molecule has 0 radical (unpaired) electrons. The number of nitrogens with one attached hydrogen (secondary N) is 1. The molecule has 0 spiro atoms. The van der Waals surface area contributed by atoms with Gasteiger partial charge in [0.05, 0.1) is 0 Å². The Morgan fingerprint density at radius 2 is 1.84 bits per heavy atom. The van der Waals surface area contributed by atoms with Crippen LogP contribution in [0.25, 0.3) is 0 Å². The van der Waals surface area contributed by atoms with Gasteiger partial charge >= 0.3 is 0 Å². The first-order valence-corrected chi connectivity index (χ1v) is 8.39. The Kier molecular flexibility index (Phi) is 4.45. The molecular weight excluding hydrogens is 234 g/mol. The van der Waals surface area contributed by atoms with Crippen LogP contribution in [0.1, 0.15) is 45.4 Å². The van der Waals surface area contributed by atoms with Gasteiger partial charge in [-0.25, -0.2) is 0 Å². The molecule has 0 saturated carbocycles. The van der Waals surface area contributed by atoms with Crippen LogP contribution < -0.4 is 5.32 Å².